The smallest absolute Gasteiger partial charge is 0.264 e. The number of anilines is 3. The minimum atomic E-state index is -4.15. The van der Waals surface area contributed by atoms with Crippen LogP contribution in [0.3, 0.4) is 0 Å². The highest BCUT2D eigenvalue weighted by Gasteiger charge is 2.27. The maximum atomic E-state index is 13.8. The summed E-state index contributed by atoms with van der Waals surface area (Å²) in [4.78, 5) is 13.2. The maximum absolute atomic E-state index is 13.8. The molecule has 5 rings (SSSR count). The van der Waals surface area contributed by atoms with Crippen LogP contribution in [0.4, 0.5) is 17.1 Å². The highest BCUT2D eigenvalue weighted by molar-refractivity contribution is 7.93. The van der Waals surface area contributed by atoms with E-state index in [4.69, 9.17) is 9.47 Å². The number of hydrogen-bond donors (Lipinski definition) is 2. The van der Waals surface area contributed by atoms with Crippen molar-refractivity contribution in [1.82, 2.24) is 0 Å². The Hall–Kier alpha value is -5.33. The van der Waals surface area contributed by atoms with Crippen molar-refractivity contribution >= 4 is 43.0 Å². The summed E-state index contributed by atoms with van der Waals surface area (Å²) in [5.41, 5.74) is 1.78. The molecule has 0 heterocycles. The fourth-order valence-electron chi connectivity index (χ4n) is 4.38. The van der Waals surface area contributed by atoms with Crippen LogP contribution in [0.5, 0.6) is 17.2 Å². The van der Waals surface area contributed by atoms with E-state index in [0.29, 0.717) is 22.9 Å². The first kappa shape index (κ1) is 32.1. The summed E-state index contributed by atoms with van der Waals surface area (Å²) in [6.07, 6.45) is 0. The average Bonchev–Trinajstić information content (AvgIpc) is 3.05. The number of benzene rings is 5. The predicted molar refractivity (Wildman–Crippen MR) is 178 cm³/mol. The monoisotopic (exact) mass is 657 g/mol. The van der Waals surface area contributed by atoms with E-state index in [0.717, 1.165) is 9.87 Å². The van der Waals surface area contributed by atoms with Gasteiger partial charge in [-0.15, -0.1) is 0 Å². The number of carbonyl (C=O) groups excluding carboxylic acids is 1. The van der Waals surface area contributed by atoms with Crippen molar-refractivity contribution < 1.29 is 31.1 Å². The van der Waals surface area contributed by atoms with Crippen LogP contribution in [0.2, 0.25) is 0 Å². The van der Waals surface area contributed by atoms with Crippen molar-refractivity contribution in [2.24, 2.45) is 0 Å². The molecule has 0 aliphatic carbocycles. The summed E-state index contributed by atoms with van der Waals surface area (Å²) < 4.78 is 67.7. The molecule has 5 aromatic carbocycles. The minimum Gasteiger partial charge on any atom is -0.497 e. The third-order valence-corrected chi connectivity index (χ3v) is 9.98. The molecule has 12 heteroatoms. The van der Waals surface area contributed by atoms with Gasteiger partial charge >= 0.3 is 0 Å². The van der Waals surface area contributed by atoms with Crippen molar-refractivity contribution in [3.63, 3.8) is 0 Å². The number of para-hydroxylation sites is 1. The topological polar surface area (TPSA) is 131 Å². The summed E-state index contributed by atoms with van der Waals surface area (Å²) in [5, 5.41) is 2.66. The second kappa shape index (κ2) is 13.8. The SMILES string of the molecule is COc1ccc(NS(=O)(=O)c2ccc(NC(=O)CN(c3ccc(Oc4ccccc4)cc3)S(=O)(=O)c3ccc(C)cc3)cc2)cc1. The number of ether oxygens (including phenoxy) is 2. The van der Waals surface area contributed by atoms with Gasteiger partial charge in [-0.25, -0.2) is 16.8 Å². The number of nitrogens with zero attached hydrogens (tertiary/aromatic N) is 1. The van der Waals surface area contributed by atoms with Crippen molar-refractivity contribution in [2.75, 3.05) is 28.0 Å². The molecule has 0 fully saturated rings. The predicted octanol–water partition coefficient (Wildman–Crippen LogP) is 6.43. The Morgan fingerprint density at radius 3 is 1.80 bits per heavy atom. The van der Waals surface area contributed by atoms with Gasteiger partial charge in [-0.05, 0) is 104 Å². The second-order valence-corrected chi connectivity index (χ2v) is 13.7. The van der Waals surface area contributed by atoms with E-state index >= 15 is 0 Å². The zero-order valence-electron chi connectivity index (χ0n) is 25.0. The van der Waals surface area contributed by atoms with Crippen LogP contribution >= 0.6 is 0 Å². The molecule has 5 aromatic rings. The van der Waals surface area contributed by atoms with E-state index in [-0.39, 0.29) is 21.2 Å². The number of aryl methyl sites for hydroxylation is 1. The lowest BCUT2D eigenvalue weighted by Crippen LogP contribution is -2.38. The molecular formula is C34H31N3O7S2. The van der Waals surface area contributed by atoms with E-state index in [9.17, 15) is 21.6 Å². The lowest BCUT2D eigenvalue weighted by atomic mass is 10.2. The van der Waals surface area contributed by atoms with Crippen molar-refractivity contribution in [3.8, 4) is 17.2 Å². The Labute approximate surface area is 268 Å². The largest absolute Gasteiger partial charge is 0.497 e. The van der Waals surface area contributed by atoms with Gasteiger partial charge in [0.05, 0.1) is 22.6 Å². The van der Waals surface area contributed by atoms with E-state index in [1.165, 1.54) is 43.5 Å². The van der Waals surface area contributed by atoms with E-state index in [1.807, 2.05) is 25.1 Å². The second-order valence-electron chi connectivity index (χ2n) is 10.1. The van der Waals surface area contributed by atoms with Crippen LogP contribution in [0.25, 0.3) is 0 Å². The zero-order chi connectivity index (χ0) is 32.7. The molecule has 0 spiro atoms. The molecule has 0 atom stereocenters. The van der Waals surface area contributed by atoms with Crippen LogP contribution < -0.4 is 23.8 Å². The quantitative estimate of drug-likeness (QED) is 0.158. The van der Waals surface area contributed by atoms with Crippen LogP contribution in [-0.2, 0) is 24.8 Å². The third-order valence-electron chi connectivity index (χ3n) is 6.79. The van der Waals surface area contributed by atoms with Crippen molar-refractivity contribution in [3.05, 3.63) is 133 Å². The van der Waals surface area contributed by atoms with E-state index in [2.05, 4.69) is 10.0 Å². The van der Waals surface area contributed by atoms with Gasteiger partial charge in [0, 0.05) is 11.4 Å². The summed E-state index contributed by atoms with van der Waals surface area (Å²) in [6.45, 7) is 1.30. The van der Waals surface area contributed by atoms with Gasteiger partial charge in [-0.3, -0.25) is 13.8 Å². The lowest BCUT2D eigenvalue weighted by molar-refractivity contribution is -0.114. The summed E-state index contributed by atoms with van der Waals surface area (Å²) in [7, 11) is -6.55. The van der Waals surface area contributed by atoms with Crippen LogP contribution in [0, 0.1) is 6.92 Å². The third kappa shape index (κ3) is 7.84. The highest BCUT2D eigenvalue weighted by Crippen LogP contribution is 2.28. The number of nitrogens with one attached hydrogen (secondary N) is 2. The first-order valence-corrected chi connectivity index (χ1v) is 16.9. The first-order chi connectivity index (χ1) is 22.0. The average molecular weight is 658 g/mol. The van der Waals surface area contributed by atoms with Crippen molar-refractivity contribution in [2.45, 2.75) is 16.7 Å². The molecule has 1 amide bonds. The number of methoxy groups -OCH3 is 1. The Bertz CT molecular complexity index is 2000. The fourth-order valence-corrected chi connectivity index (χ4v) is 6.86. The molecule has 0 aromatic heterocycles. The first-order valence-electron chi connectivity index (χ1n) is 14.0. The van der Waals surface area contributed by atoms with Gasteiger partial charge < -0.3 is 14.8 Å². The van der Waals surface area contributed by atoms with Gasteiger partial charge in [0.1, 0.15) is 23.8 Å². The number of carbonyl (C=O) groups is 1. The minimum absolute atomic E-state index is 0.0226. The van der Waals surface area contributed by atoms with Gasteiger partial charge in [-0.2, -0.15) is 0 Å². The van der Waals surface area contributed by atoms with Crippen LogP contribution in [0.15, 0.2) is 137 Å². The van der Waals surface area contributed by atoms with Crippen molar-refractivity contribution in [1.29, 1.82) is 0 Å². The lowest BCUT2D eigenvalue weighted by Gasteiger charge is -2.24. The molecule has 0 aliphatic heterocycles. The summed E-state index contributed by atoms with van der Waals surface area (Å²) in [6, 6.07) is 33.8. The summed E-state index contributed by atoms with van der Waals surface area (Å²) in [5.74, 6) is 1.06. The highest BCUT2D eigenvalue weighted by atomic mass is 32.2. The number of hydrogen-bond acceptors (Lipinski definition) is 7. The van der Waals surface area contributed by atoms with Gasteiger partial charge in [-0.1, -0.05) is 35.9 Å². The molecule has 46 heavy (non-hydrogen) atoms. The molecule has 0 saturated heterocycles. The Morgan fingerprint density at radius 1 is 0.652 bits per heavy atom. The molecule has 0 saturated carbocycles. The van der Waals surface area contributed by atoms with E-state index in [1.54, 1.807) is 72.8 Å². The number of sulfonamides is 2. The van der Waals surface area contributed by atoms with Crippen LogP contribution in [0.1, 0.15) is 5.56 Å². The zero-order valence-corrected chi connectivity index (χ0v) is 26.6. The molecule has 2 N–H and O–H groups in total. The number of amides is 1. The molecule has 10 nitrogen and oxygen atoms in total. The molecule has 0 aliphatic rings. The van der Waals surface area contributed by atoms with Gasteiger partial charge in [0.2, 0.25) is 5.91 Å². The molecule has 0 unspecified atom stereocenters. The van der Waals surface area contributed by atoms with E-state index < -0.39 is 32.5 Å². The fraction of sp³-hybridized carbons (Fsp3) is 0.0882. The summed E-state index contributed by atoms with van der Waals surface area (Å²) >= 11 is 0. The Morgan fingerprint density at radius 2 is 1.20 bits per heavy atom. The standard InChI is InChI=1S/C34H31N3O7S2/c1-25-8-20-33(21-9-25)46(41,42)37(28-14-18-31(19-15-28)44-30-6-4-3-5-7-30)24-34(38)35-26-12-22-32(23-13-26)45(39,40)36-27-10-16-29(43-2)17-11-27/h3-23,36H,24H2,1-2H3,(H,35,38). The Balaban J connectivity index is 1.33. The normalized spacial score (nSPS) is 11.3. The van der Waals surface area contributed by atoms with Crippen LogP contribution in [-0.4, -0.2) is 36.4 Å². The van der Waals surface area contributed by atoms with Gasteiger partial charge in [0.25, 0.3) is 20.0 Å². The number of rotatable bonds is 12. The molecule has 0 bridgehead atoms. The molecule has 0 radical (unpaired) electrons. The Kier molecular flexibility index (Phi) is 9.59. The molecular weight excluding hydrogens is 627 g/mol. The molecule has 236 valence electrons. The van der Waals surface area contributed by atoms with Gasteiger partial charge in [0.15, 0.2) is 0 Å². The maximum Gasteiger partial charge on any atom is 0.264 e.